The van der Waals surface area contributed by atoms with Crippen LogP contribution in [0, 0.1) is 28.8 Å². The minimum Gasteiger partial charge on any atom is -0.388 e. The molecule has 1 aromatic carbocycles. The van der Waals surface area contributed by atoms with Gasteiger partial charge in [-0.05, 0) is 30.2 Å². The number of halogens is 3. The van der Waals surface area contributed by atoms with E-state index in [-0.39, 0.29) is 16.9 Å². The Morgan fingerprint density at radius 1 is 1.11 bits per heavy atom. The molecule has 2 unspecified atom stereocenters. The van der Waals surface area contributed by atoms with Crippen LogP contribution < -0.4 is 0 Å². The van der Waals surface area contributed by atoms with Crippen molar-refractivity contribution < 1.29 is 18.3 Å². The van der Waals surface area contributed by atoms with Crippen LogP contribution in [0.5, 0.6) is 0 Å². The molecule has 0 saturated carbocycles. The predicted octanol–water partition coefficient (Wildman–Crippen LogP) is 4.60. The summed E-state index contributed by atoms with van der Waals surface area (Å²) in [5, 5.41) is 9.95. The summed E-state index contributed by atoms with van der Waals surface area (Å²) >= 11 is 0. The van der Waals surface area contributed by atoms with Gasteiger partial charge in [0.15, 0.2) is 17.5 Å². The van der Waals surface area contributed by atoms with Crippen molar-refractivity contribution in [2.45, 2.75) is 46.6 Å². The zero-order chi connectivity index (χ0) is 14.8. The van der Waals surface area contributed by atoms with Gasteiger partial charge in [-0.2, -0.15) is 0 Å². The van der Waals surface area contributed by atoms with Gasteiger partial charge in [-0.3, -0.25) is 0 Å². The van der Waals surface area contributed by atoms with Crippen LogP contribution in [-0.2, 0) is 0 Å². The fourth-order valence-electron chi connectivity index (χ4n) is 2.44. The fourth-order valence-corrected chi connectivity index (χ4v) is 2.44. The molecule has 0 aliphatic carbocycles. The number of aliphatic hydroxyl groups excluding tert-OH is 1. The van der Waals surface area contributed by atoms with Gasteiger partial charge in [0.25, 0.3) is 0 Å². The fraction of sp³-hybridized carbons (Fsp3) is 0.600. The van der Waals surface area contributed by atoms with E-state index in [0.29, 0.717) is 6.42 Å². The Morgan fingerprint density at radius 3 is 2.21 bits per heavy atom. The maximum absolute atomic E-state index is 13.5. The summed E-state index contributed by atoms with van der Waals surface area (Å²) in [4.78, 5) is 0. The van der Waals surface area contributed by atoms with Gasteiger partial charge >= 0.3 is 0 Å². The SMILES string of the molecule is CC(CC(O)c1ccc(F)c(F)c1F)CC(C)(C)C. The Balaban J connectivity index is 2.79. The zero-order valence-electron chi connectivity index (χ0n) is 11.8. The van der Waals surface area contributed by atoms with Gasteiger partial charge in [-0.25, -0.2) is 13.2 Å². The van der Waals surface area contributed by atoms with Gasteiger partial charge in [-0.1, -0.05) is 33.8 Å². The van der Waals surface area contributed by atoms with E-state index in [9.17, 15) is 18.3 Å². The van der Waals surface area contributed by atoms with Crippen LogP contribution in [0.4, 0.5) is 13.2 Å². The highest BCUT2D eigenvalue weighted by Gasteiger charge is 2.23. The molecule has 0 bridgehead atoms. The van der Waals surface area contributed by atoms with Crippen LogP contribution in [0.1, 0.15) is 52.2 Å². The molecule has 4 heteroatoms. The monoisotopic (exact) mass is 274 g/mol. The van der Waals surface area contributed by atoms with Crippen molar-refractivity contribution in [2.24, 2.45) is 11.3 Å². The molecule has 1 nitrogen and oxygen atoms in total. The van der Waals surface area contributed by atoms with Crippen LogP contribution >= 0.6 is 0 Å². The first kappa shape index (κ1) is 16.0. The molecule has 0 fully saturated rings. The van der Waals surface area contributed by atoms with Crippen molar-refractivity contribution in [2.75, 3.05) is 0 Å². The number of hydrogen-bond acceptors (Lipinski definition) is 1. The smallest absolute Gasteiger partial charge is 0.194 e. The van der Waals surface area contributed by atoms with Crippen LogP contribution in [0.25, 0.3) is 0 Å². The predicted molar refractivity (Wildman–Crippen MR) is 69.1 cm³/mol. The second-order valence-corrected chi connectivity index (χ2v) is 6.39. The summed E-state index contributed by atoms with van der Waals surface area (Å²) in [5.41, 5.74) is -0.0780. The lowest BCUT2D eigenvalue weighted by molar-refractivity contribution is 0.129. The summed E-state index contributed by atoms with van der Waals surface area (Å²) in [6, 6.07) is 1.94. The van der Waals surface area contributed by atoms with E-state index in [1.54, 1.807) is 0 Å². The van der Waals surface area contributed by atoms with E-state index >= 15 is 0 Å². The number of aliphatic hydroxyl groups is 1. The lowest BCUT2D eigenvalue weighted by Crippen LogP contribution is -2.14. The van der Waals surface area contributed by atoms with E-state index in [2.05, 4.69) is 20.8 Å². The first-order chi connectivity index (χ1) is 8.61. The Bertz CT molecular complexity index is 438. The molecule has 1 N–H and O–H groups in total. The molecule has 1 aromatic rings. The van der Waals surface area contributed by atoms with Crippen molar-refractivity contribution >= 4 is 0 Å². The molecule has 108 valence electrons. The molecule has 0 aromatic heterocycles. The standard InChI is InChI=1S/C15H21F3O/c1-9(8-15(2,3)4)7-12(19)10-5-6-11(16)14(18)13(10)17/h5-6,9,12,19H,7-8H2,1-4H3. The number of hydrogen-bond donors (Lipinski definition) is 1. The molecule has 0 saturated heterocycles. The molecule has 1 rings (SSSR count). The van der Waals surface area contributed by atoms with Crippen molar-refractivity contribution in [3.05, 3.63) is 35.1 Å². The molecule has 19 heavy (non-hydrogen) atoms. The average molecular weight is 274 g/mol. The second-order valence-electron chi connectivity index (χ2n) is 6.39. The van der Waals surface area contributed by atoms with Crippen molar-refractivity contribution in [1.82, 2.24) is 0 Å². The van der Waals surface area contributed by atoms with Gasteiger partial charge < -0.3 is 5.11 Å². The molecule has 0 aliphatic heterocycles. The first-order valence-corrected chi connectivity index (χ1v) is 6.43. The Morgan fingerprint density at radius 2 is 1.68 bits per heavy atom. The Hall–Kier alpha value is -1.03. The summed E-state index contributed by atoms with van der Waals surface area (Å²) in [5.74, 6) is -3.91. The summed E-state index contributed by atoms with van der Waals surface area (Å²) in [6.45, 7) is 8.18. The van der Waals surface area contributed by atoms with Gasteiger partial charge in [0.2, 0.25) is 0 Å². The Labute approximate surface area is 112 Å². The van der Waals surface area contributed by atoms with Gasteiger partial charge in [0.05, 0.1) is 6.10 Å². The molecule has 2 atom stereocenters. The van der Waals surface area contributed by atoms with Gasteiger partial charge in [-0.15, -0.1) is 0 Å². The van der Waals surface area contributed by atoms with Crippen molar-refractivity contribution in [3.8, 4) is 0 Å². The second kappa shape index (κ2) is 5.95. The highest BCUT2D eigenvalue weighted by molar-refractivity contribution is 5.22. The van der Waals surface area contributed by atoms with E-state index in [1.165, 1.54) is 0 Å². The minimum atomic E-state index is -1.53. The molecule has 0 radical (unpaired) electrons. The lowest BCUT2D eigenvalue weighted by atomic mass is 9.82. The quantitative estimate of drug-likeness (QED) is 0.795. The maximum atomic E-state index is 13.5. The topological polar surface area (TPSA) is 20.2 Å². The van der Waals surface area contributed by atoms with Crippen LogP contribution in [0.15, 0.2) is 12.1 Å². The maximum Gasteiger partial charge on any atom is 0.194 e. The van der Waals surface area contributed by atoms with E-state index in [4.69, 9.17) is 0 Å². The summed E-state index contributed by atoms with van der Waals surface area (Å²) in [6.07, 6.45) is 0.0571. The highest BCUT2D eigenvalue weighted by atomic mass is 19.2. The average Bonchev–Trinajstić information content (AvgIpc) is 2.23. The molecular formula is C15H21F3O. The third-order valence-electron chi connectivity index (χ3n) is 3.01. The lowest BCUT2D eigenvalue weighted by Gasteiger charge is -2.25. The van der Waals surface area contributed by atoms with Gasteiger partial charge in [0.1, 0.15) is 0 Å². The van der Waals surface area contributed by atoms with Crippen LogP contribution in [0.3, 0.4) is 0 Å². The molecule has 0 spiro atoms. The molecule has 0 aliphatic rings. The summed E-state index contributed by atoms with van der Waals surface area (Å²) in [7, 11) is 0. The number of benzene rings is 1. The normalized spacial score (nSPS) is 15.4. The first-order valence-electron chi connectivity index (χ1n) is 6.43. The zero-order valence-corrected chi connectivity index (χ0v) is 11.8. The van der Waals surface area contributed by atoms with Crippen molar-refractivity contribution in [1.29, 1.82) is 0 Å². The molecular weight excluding hydrogens is 253 g/mol. The summed E-state index contributed by atoms with van der Waals surface area (Å²) < 4.78 is 39.4. The van der Waals surface area contributed by atoms with Gasteiger partial charge in [0, 0.05) is 5.56 Å². The third kappa shape index (κ3) is 4.53. The molecule has 0 heterocycles. The van der Waals surface area contributed by atoms with Crippen molar-refractivity contribution in [3.63, 3.8) is 0 Å². The van der Waals surface area contributed by atoms with E-state index in [0.717, 1.165) is 18.6 Å². The van der Waals surface area contributed by atoms with E-state index < -0.39 is 23.6 Å². The highest BCUT2D eigenvalue weighted by Crippen LogP contribution is 2.31. The van der Waals surface area contributed by atoms with Crippen LogP contribution in [0.2, 0.25) is 0 Å². The Kier molecular flexibility index (Phi) is 5.02. The van der Waals surface area contributed by atoms with E-state index in [1.807, 2.05) is 6.92 Å². The number of rotatable bonds is 4. The molecule has 0 amide bonds. The minimum absolute atomic E-state index is 0.103. The third-order valence-corrected chi connectivity index (χ3v) is 3.01. The largest absolute Gasteiger partial charge is 0.388 e. The van der Waals surface area contributed by atoms with Crippen LogP contribution in [-0.4, -0.2) is 5.11 Å².